The summed E-state index contributed by atoms with van der Waals surface area (Å²) in [4.78, 5) is 12.8. The number of nitrogens with zero attached hydrogens (tertiary/aromatic N) is 3. The fourth-order valence-corrected chi connectivity index (χ4v) is 5.15. The van der Waals surface area contributed by atoms with Gasteiger partial charge in [-0.25, -0.2) is 8.42 Å². The molecule has 1 saturated heterocycles. The van der Waals surface area contributed by atoms with Gasteiger partial charge in [0.15, 0.2) is 11.5 Å². The van der Waals surface area contributed by atoms with Crippen LogP contribution in [0.4, 0.5) is 6.01 Å². The molecule has 2 heterocycles. The van der Waals surface area contributed by atoms with Crippen LogP contribution in [0.2, 0.25) is 0 Å². The first-order valence-electron chi connectivity index (χ1n) is 10.8. The second-order valence-electron chi connectivity index (χ2n) is 8.05. The molecule has 0 saturated carbocycles. The molecule has 4 rings (SSSR count). The molecule has 3 aromatic rings. The number of anilines is 1. The molecule has 0 aliphatic carbocycles. The van der Waals surface area contributed by atoms with Crippen LogP contribution >= 0.6 is 0 Å². The topological polar surface area (TPSA) is 124 Å². The summed E-state index contributed by atoms with van der Waals surface area (Å²) in [5.41, 5.74) is 0.851. The van der Waals surface area contributed by atoms with E-state index in [1.807, 2.05) is 0 Å². The maximum atomic E-state index is 12.9. The van der Waals surface area contributed by atoms with Gasteiger partial charge in [-0.3, -0.25) is 10.1 Å². The van der Waals surface area contributed by atoms with Crippen molar-refractivity contribution in [2.75, 3.05) is 32.6 Å². The van der Waals surface area contributed by atoms with E-state index in [1.165, 1.54) is 42.8 Å². The molecule has 1 fully saturated rings. The third kappa shape index (κ3) is 4.90. The summed E-state index contributed by atoms with van der Waals surface area (Å²) in [5.74, 6) is 1.26. The van der Waals surface area contributed by atoms with Crippen LogP contribution in [0.25, 0.3) is 11.5 Å². The summed E-state index contributed by atoms with van der Waals surface area (Å²) in [7, 11) is -0.529. The number of carbonyl (C=O) groups excluding carboxylic acids is 1. The zero-order chi connectivity index (χ0) is 24.3. The zero-order valence-electron chi connectivity index (χ0n) is 19.1. The Morgan fingerprint density at radius 2 is 1.71 bits per heavy atom. The van der Waals surface area contributed by atoms with E-state index in [2.05, 4.69) is 22.4 Å². The molecule has 11 heteroatoms. The summed E-state index contributed by atoms with van der Waals surface area (Å²) in [6.45, 7) is 3.13. The standard InChI is InChI=1S/C23H26N4O6S/c1-15-10-12-27(13-11-15)34(29,30)18-7-4-16(5-8-18)21(28)24-23-26-25-22(33-23)17-6-9-19(31-2)20(14-17)32-3/h4-9,14-15H,10-13H2,1-3H3,(H,24,26,28). The highest BCUT2D eigenvalue weighted by molar-refractivity contribution is 7.89. The molecule has 1 aliphatic heterocycles. The Labute approximate surface area is 197 Å². The molecular formula is C23H26N4O6S. The molecule has 1 aliphatic rings. The molecule has 0 atom stereocenters. The molecule has 10 nitrogen and oxygen atoms in total. The molecule has 0 radical (unpaired) electrons. The summed E-state index contributed by atoms with van der Waals surface area (Å²) in [5, 5.41) is 10.3. The van der Waals surface area contributed by atoms with Crippen LogP contribution in [0.3, 0.4) is 0 Å². The van der Waals surface area contributed by atoms with E-state index in [0.717, 1.165) is 12.8 Å². The fourth-order valence-electron chi connectivity index (χ4n) is 3.68. The van der Waals surface area contributed by atoms with Gasteiger partial charge in [0, 0.05) is 24.2 Å². The first-order chi connectivity index (χ1) is 16.3. The lowest BCUT2D eigenvalue weighted by atomic mass is 10.0. The molecule has 0 spiro atoms. The maximum Gasteiger partial charge on any atom is 0.322 e. The Hall–Kier alpha value is -3.44. The molecule has 34 heavy (non-hydrogen) atoms. The first-order valence-corrected chi connectivity index (χ1v) is 12.2. The first kappa shape index (κ1) is 23.7. The van der Waals surface area contributed by atoms with Crippen molar-refractivity contribution in [3.63, 3.8) is 0 Å². The molecule has 180 valence electrons. The van der Waals surface area contributed by atoms with E-state index in [-0.39, 0.29) is 22.4 Å². The van der Waals surface area contributed by atoms with Crippen molar-refractivity contribution in [2.24, 2.45) is 5.92 Å². The summed E-state index contributed by atoms with van der Waals surface area (Å²) in [6, 6.07) is 10.8. The molecule has 1 amide bonds. The van der Waals surface area contributed by atoms with E-state index in [0.29, 0.717) is 36.1 Å². The van der Waals surface area contributed by atoms with Crippen molar-refractivity contribution in [2.45, 2.75) is 24.7 Å². The average molecular weight is 487 g/mol. The lowest BCUT2D eigenvalue weighted by Gasteiger charge is -2.29. The molecule has 0 unspecified atom stereocenters. The minimum atomic E-state index is -3.58. The van der Waals surface area contributed by atoms with Gasteiger partial charge < -0.3 is 13.9 Å². The van der Waals surface area contributed by atoms with Gasteiger partial charge >= 0.3 is 6.01 Å². The number of piperidine rings is 1. The van der Waals surface area contributed by atoms with Gasteiger partial charge in [-0.05, 0) is 61.2 Å². The summed E-state index contributed by atoms with van der Waals surface area (Å²) < 4.78 is 43.3. The van der Waals surface area contributed by atoms with Crippen molar-refractivity contribution in [3.8, 4) is 23.0 Å². The van der Waals surface area contributed by atoms with Crippen molar-refractivity contribution >= 4 is 21.9 Å². The minimum Gasteiger partial charge on any atom is -0.493 e. The second-order valence-corrected chi connectivity index (χ2v) is 9.99. The van der Waals surface area contributed by atoms with Gasteiger partial charge in [-0.1, -0.05) is 12.0 Å². The number of carbonyl (C=O) groups is 1. The van der Waals surface area contributed by atoms with Crippen molar-refractivity contribution < 1.29 is 27.1 Å². The number of benzene rings is 2. The van der Waals surface area contributed by atoms with Gasteiger partial charge in [0.1, 0.15) is 0 Å². The van der Waals surface area contributed by atoms with Crippen LogP contribution in [-0.4, -0.2) is 56.1 Å². The number of amides is 1. The minimum absolute atomic E-state index is 0.0890. The number of sulfonamides is 1. The lowest BCUT2D eigenvalue weighted by Crippen LogP contribution is -2.37. The van der Waals surface area contributed by atoms with E-state index in [9.17, 15) is 13.2 Å². The van der Waals surface area contributed by atoms with Crippen LogP contribution in [0, 0.1) is 5.92 Å². The smallest absolute Gasteiger partial charge is 0.322 e. The number of nitrogens with one attached hydrogen (secondary N) is 1. The van der Waals surface area contributed by atoms with Crippen LogP contribution in [0.1, 0.15) is 30.1 Å². The Balaban J connectivity index is 1.44. The summed E-state index contributed by atoms with van der Waals surface area (Å²) >= 11 is 0. The number of ether oxygens (including phenoxy) is 2. The molecule has 1 aromatic heterocycles. The molecule has 0 bridgehead atoms. The zero-order valence-corrected chi connectivity index (χ0v) is 20.0. The predicted molar refractivity (Wildman–Crippen MR) is 124 cm³/mol. The highest BCUT2D eigenvalue weighted by atomic mass is 32.2. The Kier molecular flexibility index (Phi) is 6.85. The highest BCUT2D eigenvalue weighted by Gasteiger charge is 2.28. The van der Waals surface area contributed by atoms with Crippen LogP contribution < -0.4 is 14.8 Å². The van der Waals surface area contributed by atoms with Gasteiger partial charge in [0.25, 0.3) is 5.91 Å². The highest BCUT2D eigenvalue weighted by Crippen LogP contribution is 2.32. The van der Waals surface area contributed by atoms with Crippen LogP contribution in [0.15, 0.2) is 51.8 Å². The van der Waals surface area contributed by atoms with E-state index in [1.54, 1.807) is 18.2 Å². The largest absolute Gasteiger partial charge is 0.493 e. The van der Waals surface area contributed by atoms with Gasteiger partial charge in [0.05, 0.1) is 19.1 Å². The number of hydrogen-bond acceptors (Lipinski definition) is 8. The number of methoxy groups -OCH3 is 2. The Morgan fingerprint density at radius 1 is 1.03 bits per heavy atom. The molecular weight excluding hydrogens is 460 g/mol. The van der Waals surface area contributed by atoms with E-state index < -0.39 is 15.9 Å². The summed E-state index contributed by atoms with van der Waals surface area (Å²) in [6.07, 6.45) is 1.68. The monoisotopic (exact) mass is 486 g/mol. The van der Waals surface area contributed by atoms with E-state index in [4.69, 9.17) is 13.9 Å². The van der Waals surface area contributed by atoms with Gasteiger partial charge in [-0.2, -0.15) is 4.31 Å². The Morgan fingerprint density at radius 3 is 2.35 bits per heavy atom. The van der Waals surface area contributed by atoms with Crippen LogP contribution in [0.5, 0.6) is 11.5 Å². The average Bonchev–Trinajstić information content (AvgIpc) is 3.32. The number of hydrogen-bond donors (Lipinski definition) is 1. The van der Waals surface area contributed by atoms with Crippen molar-refractivity contribution in [3.05, 3.63) is 48.0 Å². The SMILES string of the molecule is COc1ccc(-c2nnc(NC(=O)c3ccc(S(=O)(=O)N4CCC(C)CC4)cc3)o2)cc1OC. The molecule has 2 aromatic carbocycles. The number of aromatic nitrogens is 2. The third-order valence-electron chi connectivity index (χ3n) is 5.77. The van der Waals surface area contributed by atoms with Gasteiger partial charge in [0.2, 0.25) is 15.9 Å². The quantitative estimate of drug-likeness (QED) is 0.539. The van der Waals surface area contributed by atoms with Crippen LogP contribution in [-0.2, 0) is 10.0 Å². The van der Waals surface area contributed by atoms with Crippen molar-refractivity contribution in [1.82, 2.24) is 14.5 Å². The fraction of sp³-hybridized carbons (Fsp3) is 0.348. The Bertz CT molecular complexity index is 1260. The van der Waals surface area contributed by atoms with E-state index >= 15 is 0 Å². The normalized spacial score (nSPS) is 15.1. The second kappa shape index (κ2) is 9.82. The van der Waals surface area contributed by atoms with Crippen molar-refractivity contribution in [1.29, 1.82) is 0 Å². The van der Waals surface area contributed by atoms with Gasteiger partial charge in [-0.15, -0.1) is 5.10 Å². The predicted octanol–water partition coefficient (Wildman–Crippen LogP) is 3.43. The maximum absolute atomic E-state index is 12.9. The molecule has 1 N–H and O–H groups in total. The lowest BCUT2D eigenvalue weighted by molar-refractivity contribution is 0.102. The number of rotatable bonds is 7. The third-order valence-corrected chi connectivity index (χ3v) is 7.69.